The summed E-state index contributed by atoms with van der Waals surface area (Å²) in [4.78, 5) is 1.27. The summed E-state index contributed by atoms with van der Waals surface area (Å²) in [6, 6.07) is 1.83. The van der Waals surface area contributed by atoms with Crippen LogP contribution in [0.1, 0.15) is 0 Å². The highest BCUT2D eigenvalue weighted by atomic mass is 35.5. The summed E-state index contributed by atoms with van der Waals surface area (Å²) in [7, 11) is -3.87. The summed E-state index contributed by atoms with van der Waals surface area (Å²) in [6.07, 6.45) is 0. The fourth-order valence-corrected chi connectivity index (χ4v) is 2.05. The van der Waals surface area contributed by atoms with Crippen molar-refractivity contribution in [3.8, 4) is 0 Å². The highest BCUT2D eigenvalue weighted by Crippen LogP contribution is 2.26. The molecule has 0 spiro atoms. The van der Waals surface area contributed by atoms with Crippen molar-refractivity contribution in [1.82, 2.24) is 4.83 Å². The van der Waals surface area contributed by atoms with Gasteiger partial charge < -0.3 is 0 Å². The number of nitrogens with one attached hydrogen (secondary N) is 1. The normalized spacial score (nSPS) is 11.7. The first-order chi connectivity index (χ1) is 6.38. The second-order valence-corrected chi connectivity index (χ2v) is 4.85. The number of hydrogen-bond donors (Lipinski definition) is 2. The Bertz CT molecular complexity index is 440. The van der Waals surface area contributed by atoms with Crippen LogP contribution in [0.5, 0.6) is 0 Å². The van der Waals surface area contributed by atoms with Gasteiger partial charge in [-0.3, -0.25) is 5.84 Å². The minimum Gasteiger partial charge on any atom is -0.257 e. The molecule has 1 aromatic rings. The number of benzene rings is 1. The maximum atomic E-state index is 12.9. The van der Waals surface area contributed by atoms with Gasteiger partial charge in [-0.2, -0.15) is 4.83 Å². The molecule has 0 aromatic heterocycles. The van der Waals surface area contributed by atoms with E-state index in [4.69, 9.17) is 29.0 Å². The van der Waals surface area contributed by atoms with E-state index in [0.29, 0.717) is 0 Å². The van der Waals surface area contributed by atoms with E-state index in [1.807, 2.05) is 0 Å². The van der Waals surface area contributed by atoms with E-state index in [9.17, 15) is 12.8 Å². The van der Waals surface area contributed by atoms with E-state index >= 15 is 0 Å². The number of hydrazine groups is 1. The minimum atomic E-state index is -3.87. The Balaban J connectivity index is 3.41. The first kappa shape index (κ1) is 11.7. The van der Waals surface area contributed by atoms with Crippen LogP contribution in [0.2, 0.25) is 10.0 Å². The monoisotopic (exact) mass is 258 g/mol. The van der Waals surface area contributed by atoms with Crippen LogP contribution in [0, 0.1) is 5.82 Å². The molecule has 1 aromatic carbocycles. The van der Waals surface area contributed by atoms with Crippen molar-refractivity contribution in [3.05, 3.63) is 28.0 Å². The topological polar surface area (TPSA) is 72.2 Å². The van der Waals surface area contributed by atoms with Gasteiger partial charge in [0.1, 0.15) is 0 Å². The van der Waals surface area contributed by atoms with Gasteiger partial charge in [0.15, 0.2) is 5.82 Å². The Hall–Kier alpha value is -0.400. The van der Waals surface area contributed by atoms with Crippen molar-refractivity contribution in [1.29, 1.82) is 0 Å². The molecule has 14 heavy (non-hydrogen) atoms. The molecule has 8 heteroatoms. The zero-order valence-electron chi connectivity index (χ0n) is 6.59. The lowest BCUT2D eigenvalue weighted by Gasteiger charge is -2.04. The molecule has 0 bridgehead atoms. The molecule has 4 nitrogen and oxygen atoms in total. The van der Waals surface area contributed by atoms with Crippen LogP contribution in [-0.4, -0.2) is 8.42 Å². The number of nitrogens with two attached hydrogens (primary N) is 1. The maximum Gasteiger partial charge on any atom is 0.253 e. The molecule has 0 aliphatic rings. The van der Waals surface area contributed by atoms with E-state index < -0.39 is 15.8 Å². The smallest absolute Gasteiger partial charge is 0.253 e. The fourth-order valence-electron chi connectivity index (χ4n) is 0.755. The van der Waals surface area contributed by atoms with E-state index in [1.54, 1.807) is 4.83 Å². The number of halogens is 3. The largest absolute Gasteiger partial charge is 0.257 e. The third kappa shape index (κ3) is 2.15. The molecule has 78 valence electrons. The molecule has 0 saturated carbocycles. The predicted octanol–water partition coefficient (Wildman–Crippen LogP) is 1.28. The molecular formula is C6H5Cl2FN2O2S. The van der Waals surface area contributed by atoms with Crippen molar-refractivity contribution in [2.45, 2.75) is 4.90 Å². The predicted molar refractivity (Wildman–Crippen MR) is 50.9 cm³/mol. The average Bonchev–Trinajstić information content (AvgIpc) is 2.13. The van der Waals surface area contributed by atoms with Crippen LogP contribution in [0.3, 0.4) is 0 Å². The summed E-state index contributed by atoms with van der Waals surface area (Å²) in [6.45, 7) is 0. The fraction of sp³-hybridized carbons (Fsp3) is 0. The third-order valence-corrected chi connectivity index (χ3v) is 3.14. The lowest BCUT2D eigenvalue weighted by atomic mass is 10.3. The number of sulfonamides is 1. The third-order valence-electron chi connectivity index (χ3n) is 1.42. The number of rotatable bonds is 2. The quantitative estimate of drug-likeness (QED) is 0.477. The van der Waals surface area contributed by atoms with Crippen molar-refractivity contribution >= 4 is 33.2 Å². The molecule has 0 heterocycles. The summed E-state index contributed by atoms with van der Waals surface area (Å²) in [5.41, 5.74) is 0. The van der Waals surface area contributed by atoms with Crippen molar-refractivity contribution in [3.63, 3.8) is 0 Å². The molecule has 0 unspecified atom stereocenters. The highest BCUT2D eigenvalue weighted by molar-refractivity contribution is 7.89. The van der Waals surface area contributed by atoms with Gasteiger partial charge in [0.2, 0.25) is 0 Å². The van der Waals surface area contributed by atoms with Gasteiger partial charge in [0.05, 0.1) is 14.9 Å². The van der Waals surface area contributed by atoms with Crippen molar-refractivity contribution < 1.29 is 12.8 Å². The zero-order chi connectivity index (χ0) is 10.9. The van der Waals surface area contributed by atoms with Gasteiger partial charge >= 0.3 is 0 Å². The maximum absolute atomic E-state index is 12.9. The lowest BCUT2D eigenvalue weighted by molar-refractivity contribution is 0.583. The summed E-state index contributed by atoms with van der Waals surface area (Å²) in [5, 5.41) is -0.766. The highest BCUT2D eigenvalue weighted by Gasteiger charge is 2.16. The summed E-state index contributed by atoms with van der Waals surface area (Å²) in [5.74, 6) is 3.89. The first-order valence-electron chi connectivity index (χ1n) is 3.25. The average molecular weight is 259 g/mol. The van der Waals surface area contributed by atoms with E-state index in [1.165, 1.54) is 0 Å². The van der Waals surface area contributed by atoms with E-state index in [-0.39, 0.29) is 14.9 Å². The van der Waals surface area contributed by atoms with E-state index in [0.717, 1.165) is 12.1 Å². The first-order valence-corrected chi connectivity index (χ1v) is 5.49. The van der Waals surface area contributed by atoms with Gasteiger partial charge in [-0.1, -0.05) is 23.2 Å². The minimum absolute atomic E-state index is 0.295. The molecule has 3 N–H and O–H groups in total. The Morgan fingerprint density at radius 3 is 2.07 bits per heavy atom. The molecule has 0 fully saturated rings. The SMILES string of the molecule is NNS(=O)(=O)c1cc(Cl)c(F)c(Cl)c1. The van der Waals surface area contributed by atoms with E-state index in [2.05, 4.69) is 0 Å². The van der Waals surface area contributed by atoms with Crippen LogP contribution in [0.15, 0.2) is 17.0 Å². The van der Waals surface area contributed by atoms with Crippen LogP contribution < -0.4 is 10.7 Å². The second-order valence-electron chi connectivity index (χ2n) is 2.32. The number of hydrogen-bond acceptors (Lipinski definition) is 3. The molecule has 1 rings (SSSR count). The van der Waals surface area contributed by atoms with Crippen LogP contribution in [0.4, 0.5) is 4.39 Å². The summed E-state index contributed by atoms with van der Waals surface area (Å²) >= 11 is 10.8. The molecule has 0 aliphatic carbocycles. The van der Waals surface area contributed by atoms with Gasteiger partial charge in [-0.05, 0) is 12.1 Å². The van der Waals surface area contributed by atoms with Gasteiger partial charge in [-0.15, -0.1) is 0 Å². The molecular weight excluding hydrogens is 254 g/mol. The van der Waals surface area contributed by atoms with Gasteiger partial charge in [0, 0.05) is 0 Å². The Kier molecular flexibility index (Phi) is 3.33. The molecule has 0 saturated heterocycles. The van der Waals surface area contributed by atoms with Crippen molar-refractivity contribution in [2.75, 3.05) is 0 Å². The molecule has 0 amide bonds. The molecule has 0 aliphatic heterocycles. The van der Waals surface area contributed by atoms with Gasteiger partial charge in [0.25, 0.3) is 10.0 Å². The second kappa shape index (κ2) is 4.00. The van der Waals surface area contributed by atoms with Gasteiger partial charge in [-0.25, -0.2) is 12.8 Å². The Labute approximate surface area is 89.8 Å². The molecule has 0 radical (unpaired) electrons. The Morgan fingerprint density at radius 1 is 1.29 bits per heavy atom. The van der Waals surface area contributed by atoms with Crippen molar-refractivity contribution in [2.24, 2.45) is 5.84 Å². The lowest BCUT2D eigenvalue weighted by Crippen LogP contribution is -2.30. The molecule has 0 atom stereocenters. The zero-order valence-corrected chi connectivity index (χ0v) is 8.92. The standard InChI is InChI=1S/C6H5Cl2FN2O2S/c7-4-1-3(14(12,13)11-10)2-5(8)6(4)9/h1-2,11H,10H2. The Morgan fingerprint density at radius 2 is 1.71 bits per heavy atom. The summed E-state index contributed by atoms with van der Waals surface area (Å²) < 4.78 is 35.2. The van der Waals surface area contributed by atoms with Crippen LogP contribution >= 0.6 is 23.2 Å². The van der Waals surface area contributed by atoms with Crippen LogP contribution in [-0.2, 0) is 10.0 Å². The van der Waals surface area contributed by atoms with Crippen LogP contribution in [0.25, 0.3) is 0 Å².